The number of ether oxygens (including phenoxy) is 1. The Morgan fingerprint density at radius 3 is 2.67 bits per heavy atom. The van der Waals surface area contributed by atoms with Gasteiger partial charge in [0.2, 0.25) is 0 Å². The lowest BCUT2D eigenvalue weighted by Gasteiger charge is -2.42. The van der Waals surface area contributed by atoms with Gasteiger partial charge in [-0.25, -0.2) is 4.79 Å². The van der Waals surface area contributed by atoms with Crippen LogP contribution < -0.4 is 0 Å². The number of hydrogen-bond donors (Lipinski definition) is 0. The smallest absolute Gasteiger partial charge is 0.410 e. The van der Waals surface area contributed by atoms with Crippen molar-refractivity contribution in [3.05, 3.63) is 24.2 Å². The van der Waals surface area contributed by atoms with Crippen molar-refractivity contribution in [3.63, 3.8) is 0 Å². The predicted octanol–water partition coefficient (Wildman–Crippen LogP) is 3.28. The maximum Gasteiger partial charge on any atom is 0.410 e. The third kappa shape index (κ3) is 4.00. The lowest BCUT2D eigenvalue weighted by atomic mass is 10.1. The van der Waals surface area contributed by atoms with Gasteiger partial charge < -0.3 is 14.1 Å². The van der Waals surface area contributed by atoms with Crippen LogP contribution in [0.3, 0.4) is 0 Å². The minimum absolute atomic E-state index is 0.131. The van der Waals surface area contributed by atoms with Gasteiger partial charge in [-0.15, -0.1) is 0 Å². The van der Waals surface area contributed by atoms with Gasteiger partial charge in [0.15, 0.2) is 0 Å². The fraction of sp³-hybridized carbons (Fsp3) is 0.688. The van der Waals surface area contributed by atoms with Gasteiger partial charge in [0, 0.05) is 25.7 Å². The normalized spacial score (nSPS) is 22.1. The Morgan fingerprint density at radius 2 is 2.14 bits per heavy atom. The number of carbonyl (C=O) groups excluding carboxylic acids is 1. The quantitative estimate of drug-likeness (QED) is 0.839. The van der Waals surface area contributed by atoms with E-state index in [0.29, 0.717) is 6.54 Å². The zero-order chi connectivity index (χ0) is 15.6. The highest BCUT2D eigenvalue weighted by atomic mass is 16.6. The van der Waals surface area contributed by atoms with Crippen LogP contribution in [-0.4, -0.2) is 47.2 Å². The van der Waals surface area contributed by atoms with E-state index in [0.717, 1.165) is 18.8 Å². The van der Waals surface area contributed by atoms with Crippen LogP contribution in [0.4, 0.5) is 4.79 Å². The average molecular weight is 294 g/mol. The lowest BCUT2D eigenvalue weighted by Crippen LogP contribution is -2.55. The highest BCUT2D eigenvalue weighted by molar-refractivity contribution is 5.68. The molecule has 2 heterocycles. The molecule has 2 atom stereocenters. The van der Waals surface area contributed by atoms with Crippen LogP contribution in [0.25, 0.3) is 0 Å². The summed E-state index contributed by atoms with van der Waals surface area (Å²) in [6.07, 6.45) is 1.48. The zero-order valence-electron chi connectivity index (χ0n) is 13.6. The van der Waals surface area contributed by atoms with Gasteiger partial charge in [-0.2, -0.15) is 0 Å². The summed E-state index contributed by atoms with van der Waals surface area (Å²) >= 11 is 0. The van der Waals surface area contributed by atoms with Gasteiger partial charge in [-0.1, -0.05) is 0 Å². The van der Waals surface area contributed by atoms with E-state index in [1.807, 2.05) is 37.8 Å². The minimum Gasteiger partial charge on any atom is -0.468 e. The molecule has 1 aromatic rings. The largest absolute Gasteiger partial charge is 0.468 e. The molecule has 0 unspecified atom stereocenters. The van der Waals surface area contributed by atoms with Gasteiger partial charge in [0.25, 0.3) is 0 Å². The van der Waals surface area contributed by atoms with Gasteiger partial charge in [-0.3, -0.25) is 4.90 Å². The maximum absolute atomic E-state index is 12.2. The molecule has 0 aromatic carbocycles. The van der Waals surface area contributed by atoms with E-state index >= 15 is 0 Å². The summed E-state index contributed by atoms with van der Waals surface area (Å²) in [6.45, 7) is 12.2. The first-order valence-corrected chi connectivity index (χ1v) is 7.55. The summed E-state index contributed by atoms with van der Waals surface area (Å²) in [6, 6.07) is 4.26. The van der Waals surface area contributed by atoms with Crippen molar-refractivity contribution in [2.45, 2.75) is 52.3 Å². The van der Waals surface area contributed by atoms with Crippen molar-refractivity contribution < 1.29 is 13.9 Å². The first-order valence-electron chi connectivity index (χ1n) is 7.55. The number of rotatable bonds is 2. The molecule has 2 rings (SSSR count). The number of hydrogen-bond acceptors (Lipinski definition) is 4. The molecule has 0 saturated carbocycles. The molecule has 0 bridgehead atoms. The molecule has 0 radical (unpaired) electrons. The Labute approximate surface area is 126 Å². The van der Waals surface area contributed by atoms with E-state index in [-0.39, 0.29) is 18.2 Å². The maximum atomic E-state index is 12.2. The number of piperazine rings is 1. The number of carbonyl (C=O) groups is 1. The summed E-state index contributed by atoms with van der Waals surface area (Å²) in [4.78, 5) is 16.3. The Kier molecular flexibility index (Phi) is 4.61. The molecule has 0 N–H and O–H groups in total. The van der Waals surface area contributed by atoms with Gasteiger partial charge in [-0.05, 0) is 46.8 Å². The van der Waals surface area contributed by atoms with E-state index in [9.17, 15) is 4.79 Å². The summed E-state index contributed by atoms with van der Waals surface area (Å²) in [5.41, 5.74) is -0.449. The number of furan rings is 1. The molecule has 0 spiro atoms. The molecule has 1 saturated heterocycles. The monoisotopic (exact) mass is 294 g/mol. The lowest BCUT2D eigenvalue weighted by molar-refractivity contribution is -0.00469. The second-order valence-electron chi connectivity index (χ2n) is 6.71. The molecule has 1 aromatic heterocycles. The average Bonchev–Trinajstić information content (AvgIpc) is 2.89. The van der Waals surface area contributed by atoms with Crippen molar-refractivity contribution >= 4 is 6.09 Å². The van der Waals surface area contributed by atoms with Crippen LogP contribution in [0.5, 0.6) is 0 Å². The SMILES string of the molecule is C[C@@H](c1ccco1)N1CCN(C(=O)OC(C)(C)C)[C@@H](C)C1. The van der Waals surface area contributed by atoms with E-state index in [1.54, 1.807) is 6.26 Å². The number of nitrogens with zero attached hydrogens (tertiary/aromatic N) is 2. The van der Waals surface area contributed by atoms with Crippen LogP contribution >= 0.6 is 0 Å². The topological polar surface area (TPSA) is 45.9 Å². The Bertz CT molecular complexity index is 464. The molecule has 1 amide bonds. The Morgan fingerprint density at radius 1 is 1.43 bits per heavy atom. The summed E-state index contributed by atoms with van der Waals surface area (Å²) in [5, 5.41) is 0. The summed E-state index contributed by atoms with van der Waals surface area (Å²) < 4.78 is 10.9. The molecule has 5 nitrogen and oxygen atoms in total. The molecule has 1 aliphatic rings. The molecular formula is C16H26N2O3. The molecule has 21 heavy (non-hydrogen) atoms. The molecule has 118 valence electrons. The predicted molar refractivity (Wildman–Crippen MR) is 81.1 cm³/mol. The highest BCUT2D eigenvalue weighted by Gasteiger charge is 2.33. The molecule has 0 aliphatic carbocycles. The first kappa shape index (κ1) is 15.9. The van der Waals surface area contributed by atoms with E-state index < -0.39 is 5.60 Å². The molecule has 5 heteroatoms. The fourth-order valence-electron chi connectivity index (χ4n) is 2.64. The van der Waals surface area contributed by atoms with Crippen molar-refractivity contribution in [2.24, 2.45) is 0 Å². The molecule has 1 aliphatic heterocycles. The van der Waals surface area contributed by atoms with Crippen molar-refractivity contribution in [1.82, 2.24) is 9.80 Å². The summed E-state index contributed by atoms with van der Waals surface area (Å²) in [5.74, 6) is 0.966. The Balaban J connectivity index is 1.94. The van der Waals surface area contributed by atoms with Crippen molar-refractivity contribution in [3.8, 4) is 0 Å². The number of amides is 1. The van der Waals surface area contributed by atoms with Crippen LogP contribution in [-0.2, 0) is 4.74 Å². The highest BCUT2D eigenvalue weighted by Crippen LogP contribution is 2.24. The zero-order valence-corrected chi connectivity index (χ0v) is 13.6. The van der Waals surface area contributed by atoms with E-state index in [1.165, 1.54) is 0 Å². The van der Waals surface area contributed by atoms with Crippen molar-refractivity contribution in [2.75, 3.05) is 19.6 Å². The van der Waals surface area contributed by atoms with Gasteiger partial charge in [0.1, 0.15) is 11.4 Å². The second-order valence-corrected chi connectivity index (χ2v) is 6.71. The third-order valence-electron chi connectivity index (χ3n) is 3.79. The fourth-order valence-corrected chi connectivity index (χ4v) is 2.64. The van der Waals surface area contributed by atoms with Crippen LogP contribution in [0.15, 0.2) is 22.8 Å². The Hall–Kier alpha value is -1.49. The molecule has 1 fully saturated rings. The molecular weight excluding hydrogens is 268 g/mol. The van der Waals surface area contributed by atoms with Crippen LogP contribution in [0, 0.1) is 0 Å². The van der Waals surface area contributed by atoms with Gasteiger partial charge in [0.05, 0.1) is 12.3 Å². The van der Waals surface area contributed by atoms with Crippen LogP contribution in [0.1, 0.15) is 46.4 Å². The third-order valence-corrected chi connectivity index (χ3v) is 3.79. The van der Waals surface area contributed by atoms with E-state index in [2.05, 4.69) is 18.7 Å². The standard InChI is InChI=1S/C16H26N2O3/c1-12-11-17(13(2)14-7-6-10-20-14)8-9-18(12)15(19)21-16(3,4)5/h6-7,10,12-13H,8-9,11H2,1-5H3/t12-,13-/m0/s1. The van der Waals surface area contributed by atoms with Crippen molar-refractivity contribution in [1.29, 1.82) is 0 Å². The van der Waals surface area contributed by atoms with Crippen LogP contribution in [0.2, 0.25) is 0 Å². The minimum atomic E-state index is -0.449. The summed E-state index contributed by atoms with van der Waals surface area (Å²) in [7, 11) is 0. The second kappa shape index (κ2) is 6.10. The van der Waals surface area contributed by atoms with E-state index in [4.69, 9.17) is 9.15 Å². The van der Waals surface area contributed by atoms with Gasteiger partial charge >= 0.3 is 6.09 Å². The first-order chi connectivity index (χ1) is 9.78.